The second-order valence-corrected chi connectivity index (χ2v) is 6.85. The normalized spacial score (nSPS) is 17.2. The third-order valence-corrected chi connectivity index (χ3v) is 5.15. The van der Waals surface area contributed by atoms with Crippen LogP contribution in [0.25, 0.3) is 10.9 Å². The molecule has 1 atom stereocenters. The molecule has 0 fully saturated rings. The fraction of sp³-hybridized carbons (Fsp3) is 0.100. The number of nitriles is 1. The van der Waals surface area contributed by atoms with Gasteiger partial charge in [-0.1, -0.05) is 17.7 Å². The SMILES string of the molecule is N#CC1=C(N)Oc2cc(N)ccc2[C@H]1c1cc2cc3c(cc2nc1Cl)OCO3. The van der Waals surface area contributed by atoms with E-state index in [9.17, 15) is 5.26 Å². The molecule has 28 heavy (non-hydrogen) atoms. The Bertz CT molecular complexity index is 1230. The van der Waals surface area contributed by atoms with Crippen LogP contribution in [0.1, 0.15) is 17.0 Å². The summed E-state index contributed by atoms with van der Waals surface area (Å²) in [6.45, 7) is 0.166. The van der Waals surface area contributed by atoms with E-state index in [1.807, 2.05) is 12.1 Å². The Kier molecular flexibility index (Phi) is 3.51. The van der Waals surface area contributed by atoms with Crippen LogP contribution in [0, 0.1) is 11.3 Å². The Morgan fingerprint density at radius 1 is 1.04 bits per heavy atom. The molecule has 2 aromatic carbocycles. The minimum absolute atomic E-state index is 0.0208. The summed E-state index contributed by atoms with van der Waals surface area (Å²) in [5.41, 5.74) is 14.7. The second-order valence-electron chi connectivity index (χ2n) is 6.49. The van der Waals surface area contributed by atoms with Crippen LogP contribution in [0.5, 0.6) is 17.2 Å². The minimum Gasteiger partial charge on any atom is -0.454 e. The molecule has 0 bridgehead atoms. The van der Waals surface area contributed by atoms with Gasteiger partial charge in [-0.25, -0.2) is 4.98 Å². The van der Waals surface area contributed by atoms with E-state index in [1.165, 1.54) is 0 Å². The molecule has 2 aliphatic heterocycles. The summed E-state index contributed by atoms with van der Waals surface area (Å²) < 4.78 is 16.5. The van der Waals surface area contributed by atoms with Gasteiger partial charge in [-0.15, -0.1) is 0 Å². The molecule has 3 heterocycles. The van der Waals surface area contributed by atoms with Gasteiger partial charge in [0.05, 0.1) is 11.4 Å². The molecule has 0 amide bonds. The first-order valence-electron chi connectivity index (χ1n) is 8.42. The lowest BCUT2D eigenvalue weighted by molar-refractivity contribution is 0.174. The number of allylic oxidation sites excluding steroid dienone is 1. The molecular weight excluding hydrogens is 380 g/mol. The lowest BCUT2D eigenvalue weighted by atomic mass is 9.83. The largest absolute Gasteiger partial charge is 0.454 e. The van der Waals surface area contributed by atoms with E-state index in [-0.39, 0.29) is 23.4 Å². The van der Waals surface area contributed by atoms with Gasteiger partial charge in [-0.3, -0.25) is 0 Å². The van der Waals surface area contributed by atoms with Crippen molar-refractivity contribution in [2.24, 2.45) is 5.73 Å². The van der Waals surface area contributed by atoms with Gasteiger partial charge in [0, 0.05) is 34.3 Å². The summed E-state index contributed by atoms with van der Waals surface area (Å²) in [7, 11) is 0. The van der Waals surface area contributed by atoms with Crippen molar-refractivity contribution in [3.63, 3.8) is 0 Å². The molecule has 2 aliphatic rings. The van der Waals surface area contributed by atoms with E-state index >= 15 is 0 Å². The van der Waals surface area contributed by atoms with Crippen LogP contribution in [0.15, 0.2) is 47.9 Å². The highest BCUT2D eigenvalue weighted by atomic mass is 35.5. The average Bonchev–Trinajstić information content (AvgIpc) is 3.11. The third-order valence-electron chi connectivity index (χ3n) is 4.84. The molecule has 8 heteroatoms. The zero-order valence-corrected chi connectivity index (χ0v) is 15.2. The van der Waals surface area contributed by atoms with Gasteiger partial charge in [0.15, 0.2) is 11.5 Å². The van der Waals surface area contributed by atoms with Crippen molar-refractivity contribution in [2.45, 2.75) is 5.92 Å². The monoisotopic (exact) mass is 392 g/mol. The van der Waals surface area contributed by atoms with E-state index in [0.717, 1.165) is 10.9 Å². The van der Waals surface area contributed by atoms with E-state index in [4.69, 9.17) is 37.3 Å². The van der Waals surface area contributed by atoms with Crippen molar-refractivity contribution < 1.29 is 14.2 Å². The first-order valence-corrected chi connectivity index (χ1v) is 8.80. The van der Waals surface area contributed by atoms with Gasteiger partial charge in [0.25, 0.3) is 0 Å². The van der Waals surface area contributed by atoms with Crippen molar-refractivity contribution in [1.29, 1.82) is 5.26 Å². The molecule has 0 radical (unpaired) electrons. The Hall–Kier alpha value is -3.63. The number of halogens is 1. The quantitative estimate of drug-likeness (QED) is 0.481. The molecule has 3 aromatic rings. The van der Waals surface area contributed by atoms with Gasteiger partial charge in [-0.2, -0.15) is 5.26 Å². The molecule has 5 rings (SSSR count). The predicted octanol–water partition coefficient (Wildman–Crippen LogP) is 3.42. The van der Waals surface area contributed by atoms with E-state index in [1.54, 1.807) is 24.3 Å². The molecule has 0 saturated heterocycles. The number of hydrogen-bond acceptors (Lipinski definition) is 7. The number of rotatable bonds is 1. The van der Waals surface area contributed by atoms with Crippen LogP contribution >= 0.6 is 11.6 Å². The van der Waals surface area contributed by atoms with Crippen molar-refractivity contribution in [3.8, 4) is 23.3 Å². The van der Waals surface area contributed by atoms with Crippen LogP contribution in [0.2, 0.25) is 5.15 Å². The highest BCUT2D eigenvalue weighted by molar-refractivity contribution is 6.30. The molecule has 4 N–H and O–H groups in total. The van der Waals surface area contributed by atoms with Crippen molar-refractivity contribution >= 4 is 28.2 Å². The van der Waals surface area contributed by atoms with E-state index in [0.29, 0.717) is 34.0 Å². The van der Waals surface area contributed by atoms with Crippen molar-refractivity contribution in [2.75, 3.05) is 12.5 Å². The topological polar surface area (TPSA) is 116 Å². The number of fused-ring (bicyclic) bond motifs is 3. The number of hydrogen-bond donors (Lipinski definition) is 2. The molecule has 0 spiro atoms. The number of nitrogen functional groups attached to an aromatic ring is 1. The Labute approximate surface area is 164 Å². The number of pyridine rings is 1. The van der Waals surface area contributed by atoms with Gasteiger partial charge in [0.2, 0.25) is 12.7 Å². The first-order chi connectivity index (χ1) is 13.5. The van der Waals surface area contributed by atoms with E-state index < -0.39 is 5.92 Å². The van der Waals surface area contributed by atoms with Crippen LogP contribution in [-0.4, -0.2) is 11.8 Å². The Morgan fingerprint density at radius 2 is 1.82 bits per heavy atom. The Balaban J connectivity index is 1.75. The van der Waals surface area contributed by atoms with Gasteiger partial charge in [-0.05, 0) is 18.2 Å². The van der Waals surface area contributed by atoms with Gasteiger partial charge < -0.3 is 25.7 Å². The number of ether oxygens (including phenoxy) is 3. The van der Waals surface area contributed by atoms with Crippen LogP contribution in [0.3, 0.4) is 0 Å². The average molecular weight is 393 g/mol. The first kappa shape index (κ1) is 16.5. The maximum Gasteiger partial charge on any atom is 0.231 e. The van der Waals surface area contributed by atoms with Crippen molar-refractivity contribution in [1.82, 2.24) is 4.98 Å². The molecule has 0 unspecified atom stereocenters. The molecule has 0 saturated carbocycles. The summed E-state index contributed by atoms with van der Waals surface area (Å²) in [6, 6.07) is 12.9. The highest BCUT2D eigenvalue weighted by Gasteiger charge is 2.33. The summed E-state index contributed by atoms with van der Waals surface area (Å²) >= 11 is 6.53. The fourth-order valence-electron chi connectivity index (χ4n) is 3.55. The number of aromatic nitrogens is 1. The maximum absolute atomic E-state index is 9.71. The number of nitrogens with two attached hydrogens (primary N) is 2. The van der Waals surface area contributed by atoms with E-state index in [2.05, 4.69) is 11.1 Å². The van der Waals surface area contributed by atoms with Crippen molar-refractivity contribution in [3.05, 3.63) is 64.1 Å². The fourth-order valence-corrected chi connectivity index (χ4v) is 3.81. The Morgan fingerprint density at radius 3 is 2.61 bits per heavy atom. The van der Waals surface area contributed by atoms with Gasteiger partial charge in [0.1, 0.15) is 22.5 Å². The second kappa shape index (κ2) is 5.94. The van der Waals surface area contributed by atoms with Crippen LogP contribution in [0.4, 0.5) is 5.69 Å². The summed E-state index contributed by atoms with van der Waals surface area (Å²) in [4.78, 5) is 4.50. The number of nitrogens with zero attached hydrogens (tertiary/aromatic N) is 2. The highest BCUT2D eigenvalue weighted by Crippen LogP contribution is 2.45. The summed E-state index contributed by atoms with van der Waals surface area (Å²) in [5, 5.41) is 10.8. The lowest BCUT2D eigenvalue weighted by Crippen LogP contribution is -2.21. The van der Waals surface area contributed by atoms with Crippen LogP contribution in [-0.2, 0) is 0 Å². The minimum atomic E-state index is -0.524. The van der Waals surface area contributed by atoms with Gasteiger partial charge >= 0.3 is 0 Å². The summed E-state index contributed by atoms with van der Waals surface area (Å²) in [5.74, 6) is 1.25. The molecule has 0 aliphatic carbocycles. The standard InChI is InChI=1S/C20H13ClN4O3/c21-19-12(3-9-4-16-17(27-8-26-16)6-14(9)25-19)18-11-2-1-10(23)5-15(11)28-20(24)13(18)7-22/h1-6,18H,8,23-24H2/t18-/m0/s1. The maximum atomic E-state index is 9.71. The zero-order valence-electron chi connectivity index (χ0n) is 14.4. The molecule has 7 nitrogen and oxygen atoms in total. The lowest BCUT2D eigenvalue weighted by Gasteiger charge is -2.27. The third kappa shape index (κ3) is 2.39. The predicted molar refractivity (Wildman–Crippen MR) is 103 cm³/mol. The zero-order chi connectivity index (χ0) is 19.4. The number of benzene rings is 2. The summed E-state index contributed by atoms with van der Waals surface area (Å²) in [6.07, 6.45) is 0. The molecule has 138 valence electrons. The number of anilines is 1. The molecule has 1 aromatic heterocycles. The smallest absolute Gasteiger partial charge is 0.231 e. The molecular formula is C20H13ClN4O3. The van der Waals surface area contributed by atoms with Crippen LogP contribution < -0.4 is 25.7 Å².